The van der Waals surface area contributed by atoms with Gasteiger partial charge in [0.05, 0.1) is 0 Å². The summed E-state index contributed by atoms with van der Waals surface area (Å²) < 4.78 is 5.65. The minimum Gasteiger partial charge on any atom is -0.451 e. The SMILES string of the molecule is CNC(=O)[C@H](Cc1ccccc1)NC(=O)c1ccc(-c2ccc(Cl)cc2)o1. The third kappa shape index (κ3) is 4.77. The van der Waals surface area contributed by atoms with Gasteiger partial charge >= 0.3 is 0 Å². The highest BCUT2D eigenvalue weighted by molar-refractivity contribution is 6.30. The van der Waals surface area contributed by atoms with Gasteiger partial charge in [0.15, 0.2) is 5.76 Å². The maximum Gasteiger partial charge on any atom is 0.287 e. The summed E-state index contributed by atoms with van der Waals surface area (Å²) >= 11 is 5.89. The second-order valence-corrected chi connectivity index (χ2v) is 6.44. The van der Waals surface area contributed by atoms with Crippen LogP contribution in [0.1, 0.15) is 16.1 Å². The van der Waals surface area contributed by atoms with Crippen molar-refractivity contribution >= 4 is 23.4 Å². The molecule has 3 aromatic rings. The molecule has 1 atom stereocenters. The van der Waals surface area contributed by atoms with E-state index < -0.39 is 11.9 Å². The molecule has 27 heavy (non-hydrogen) atoms. The number of nitrogens with one attached hydrogen (secondary N) is 2. The third-order valence-corrected chi connectivity index (χ3v) is 4.36. The summed E-state index contributed by atoms with van der Waals surface area (Å²) in [6.07, 6.45) is 0.386. The van der Waals surface area contributed by atoms with Crippen LogP contribution in [0.5, 0.6) is 0 Å². The number of amides is 2. The molecule has 5 nitrogen and oxygen atoms in total. The molecule has 0 radical (unpaired) electrons. The van der Waals surface area contributed by atoms with E-state index in [0.717, 1.165) is 11.1 Å². The Morgan fingerprint density at radius 2 is 1.70 bits per heavy atom. The van der Waals surface area contributed by atoms with E-state index in [-0.39, 0.29) is 11.7 Å². The van der Waals surface area contributed by atoms with Crippen LogP contribution in [0.4, 0.5) is 0 Å². The van der Waals surface area contributed by atoms with Gasteiger partial charge in [-0.1, -0.05) is 41.9 Å². The molecule has 2 aromatic carbocycles. The lowest BCUT2D eigenvalue weighted by molar-refractivity contribution is -0.122. The summed E-state index contributed by atoms with van der Waals surface area (Å²) in [6, 6.07) is 19.2. The maximum atomic E-state index is 12.6. The highest BCUT2D eigenvalue weighted by Crippen LogP contribution is 2.23. The highest BCUT2D eigenvalue weighted by atomic mass is 35.5. The Labute approximate surface area is 162 Å². The summed E-state index contributed by atoms with van der Waals surface area (Å²) in [4.78, 5) is 24.7. The molecule has 6 heteroatoms. The van der Waals surface area contributed by atoms with Crippen LogP contribution in [-0.2, 0) is 11.2 Å². The number of hydrogen-bond donors (Lipinski definition) is 2. The predicted molar refractivity (Wildman–Crippen MR) is 105 cm³/mol. The van der Waals surface area contributed by atoms with Gasteiger partial charge in [0.25, 0.3) is 5.91 Å². The first kappa shape index (κ1) is 18.7. The van der Waals surface area contributed by atoms with Crippen molar-refractivity contribution in [2.24, 2.45) is 0 Å². The minimum atomic E-state index is -0.700. The van der Waals surface area contributed by atoms with Gasteiger partial charge in [0.1, 0.15) is 11.8 Å². The summed E-state index contributed by atoms with van der Waals surface area (Å²) in [5.41, 5.74) is 1.76. The van der Waals surface area contributed by atoms with Crippen LogP contribution in [0.2, 0.25) is 5.02 Å². The van der Waals surface area contributed by atoms with Crippen LogP contribution >= 0.6 is 11.6 Å². The number of carbonyl (C=O) groups excluding carboxylic acids is 2. The van der Waals surface area contributed by atoms with E-state index >= 15 is 0 Å². The zero-order valence-electron chi connectivity index (χ0n) is 14.7. The fraction of sp³-hybridized carbons (Fsp3) is 0.143. The minimum absolute atomic E-state index is 0.141. The van der Waals surface area contributed by atoms with Crippen molar-refractivity contribution < 1.29 is 14.0 Å². The van der Waals surface area contributed by atoms with E-state index in [1.165, 1.54) is 7.05 Å². The Morgan fingerprint density at radius 1 is 1.00 bits per heavy atom. The van der Waals surface area contributed by atoms with Gasteiger partial charge in [-0.2, -0.15) is 0 Å². The highest BCUT2D eigenvalue weighted by Gasteiger charge is 2.22. The lowest BCUT2D eigenvalue weighted by Crippen LogP contribution is -2.47. The molecule has 1 heterocycles. The van der Waals surface area contributed by atoms with E-state index in [2.05, 4.69) is 10.6 Å². The lowest BCUT2D eigenvalue weighted by Gasteiger charge is -2.16. The fourth-order valence-corrected chi connectivity index (χ4v) is 2.82. The van der Waals surface area contributed by atoms with Crippen LogP contribution in [0, 0.1) is 0 Å². The zero-order chi connectivity index (χ0) is 19.2. The average Bonchev–Trinajstić information content (AvgIpc) is 3.18. The first-order valence-electron chi connectivity index (χ1n) is 8.49. The molecule has 2 N–H and O–H groups in total. The summed E-state index contributed by atoms with van der Waals surface area (Å²) in [6.45, 7) is 0. The van der Waals surface area contributed by atoms with Crippen LogP contribution in [0.15, 0.2) is 71.1 Å². The topological polar surface area (TPSA) is 71.3 Å². The quantitative estimate of drug-likeness (QED) is 0.683. The van der Waals surface area contributed by atoms with E-state index in [4.69, 9.17) is 16.0 Å². The first-order valence-corrected chi connectivity index (χ1v) is 8.87. The van der Waals surface area contributed by atoms with Crippen LogP contribution in [0.3, 0.4) is 0 Å². The molecule has 0 saturated heterocycles. The fourth-order valence-electron chi connectivity index (χ4n) is 2.69. The molecule has 0 aliphatic heterocycles. The molecule has 0 unspecified atom stereocenters. The molecule has 0 fully saturated rings. The van der Waals surface area contributed by atoms with E-state index in [1.807, 2.05) is 42.5 Å². The van der Waals surface area contributed by atoms with Crippen molar-refractivity contribution in [2.45, 2.75) is 12.5 Å². The van der Waals surface area contributed by atoms with E-state index in [0.29, 0.717) is 17.2 Å². The van der Waals surface area contributed by atoms with E-state index in [1.54, 1.807) is 24.3 Å². The Kier molecular flexibility index (Phi) is 5.94. The van der Waals surface area contributed by atoms with Crippen molar-refractivity contribution in [3.63, 3.8) is 0 Å². The molecule has 1 aromatic heterocycles. The number of hydrogen-bond acceptors (Lipinski definition) is 3. The van der Waals surface area contributed by atoms with Crippen molar-refractivity contribution in [1.29, 1.82) is 0 Å². The molecule has 0 saturated carbocycles. The molecule has 0 bridgehead atoms. The van der Waals surface area contributed by atoms with Gasteiger partial charge in [-0.25, -0.2) is 0 Å². The number of halogens is 1. The monoisotopic (exact) mass is 382 g/mol. The Bertz CT molecular complexity index is 920. The largest absolute Gasteiger partial charge is 0.451 e. The summed E-state index contributed by atoms with van der Waals surface area (Å²) in [7, 11) is 1.54. The summed E-state index contributed by atoms with van der Waals surface area (Å²) in [5.74, 6) is -0.0188. The normalized spacial score (nSPS) is 11.6. The molecule has 0 aliphatic rings. The second kappa shape index (κ2) is 8.56. The molecular formula is C21H19ClN2O3. The van der Waals surface area contributed by atoms with Gasteiger partial charge in [-0.3, -0.25) is 9.59 Å². The molecule has 0 aliphatic carbocycles. The molecule has 2 amide bonds. The first-order chi connectivity index (χ1) is 13.1. The van der Waals surface area contributed by atoms with Crippen LogP contribution < -0.4 is 10.6 Å². The van der Waals surface area contributed by atoms with Crippen molar-refractivity contribution in [2.75, 3.05) is 7.05 Å². The average molecular weight is 383 g/mol. The lowest BCUT2D eigenvalue weighted by atomic mass is 10.1. The van der Waals surface area contributed by atoms with Crippen LogP contribution in [-0.4, -0.2) is 24.9 Å². The van der Waals surface area contributed by atoms with Gasteiger partial charge in [-0.15, -0.1) is 0 Å². The number of rotatable bonds is 6. The Hall–Kier alpha value is -3.05. The molecular weight excluding hydrogens is 364 g/mol. The number of furan rings is 1. The Morgan fingerprint density at radius 3 is 2.37 bits per heavy atom. The number of likely N-dealkylation sites (N-methyl/N-ethyl adjacent to an activating group) is 1. The number of benzene rings is 2. The molecule has 138 valence electrons. The van der Waals surface area contributed by atoms with Gasteiger partial charge in [0.2, 0.25) is 5.91 Å². The zero-order valence-corrected chi connectivity index (χ0v) is 15.5. The summed E-state index contributed by atoms with van der Waals surface area (Å²) in [5, 5.41) is 5.95. The van der Waals surface area contributed by atoms with E-state index in [9.17, 15) is 9.59 Å². The van der Waals surface area contributed by atoms with Crippen molar-refractivity contribution in [1.82, 2.24) is 10.6 Å². The Balaban J connectivity index is 1.73. The standard InChI is InChI=1S/C21H19ClN2O3/c1-23-20(25)17(13-14-5-3-2-4-6-14)24-21(26)19-12-11-18(27-19)15-7-9-16(22)10-8-15/h2-12,17H,13H2,1H3,(H,23,25)(H,24,26)/t17-/m0/s1. The van der Waals surface area contributed by atoms with Gasteiger partial charge < -0.3 is 15.1 Å². The molecule has 3 rings (SSSR count). The maximum absolute atomic E-state index is 12.6. The smallest absolute Gasteiger partial charge is 0.287 e. The van der Waals surface area contributed by atoms with Gasteiger partial charge in [0, 0.05) is 24.1 Å². The van der Waals surface area contributed by atoms with Crippen LogP contribution in [0.25, 0.3) is 11.3 Å². The van der Waals surface area contributed by atoms with Gasteiger partial charge in [-0.05, 0) is 42.0 Å². The van der Waals surface area contributed by atoms with Crippen molar-refractivity contribution in [3.8, 4) is 11.3 Å². The second-order valence-electron chi connectivity index (χ2n) is 6.00. The van der Waals surface area contributed by atoms with Crippen molar-refractivity contribution in [3.05, 3.63) is 83.1 Å². The molecule has 0 spiro atoms. The predicted octanol–water partition coefficient (Wildman–Crippen LogP) is 3.69. The third-order valence-electron chi connectivity index (χ3n) is 4.11. The number of carbonyl (C=O) groups is 2.